The number of Topliss-reactive ketones (excluding diaryl/α,β-unsaturated/α-hetero) is 1. The smallest absolute Gasteiger partial charge is 0.159 e. The third-order valence-corrected chi connectivity index (χ3v) is 5.19. The first kappa shape index (κ1) is 11.4. The van der Waals surface area contributed by atoms with Gasteiger partial charge in [0.05, 0.1) is 0 Å². The van der Waals surface area contributed by atoms with Crippen molar-refractivity contribution in [2.24, 2.45) is 0 Å². The molecule has 3 rings (SSSR count). The van der Waals surface area contributed by atoms with Crippen LogP contribution in [0.15, 0.2) is 34.7 Å². The Labute approximate surface area is 110 Å². The zero-order chi connectivity index (χ0) is 11.8. The van der Waals surface area contributed by atoms with Gasteiger partial charge < -0.3 is 0 Å². The Balaban J connectivity index is 1.87. The van der Waals surface area contributed by atoms with Crippen LogP contribution in [0.1, 0.15) is 36.5 Å². The van der Waals surface area contributed by atoms with Crippen LogP contribution in [0, 0.1) is 0 Å². The van der Waals surface area contributed by atoms with Crippen LogP contribution < -0.4 is 0 Å². The quantitative estimate of drug-likeness (QED) is 0.742. The highest BCUT2D eigenvalue weighted by Crippen LogP contribution is 2.52. The number of ketones is 1. The summed E-state index contributed by atoms with van der Waals surface area (Å²) in [5.74, 6) is 0.355. The lowest BCUT2D eigenvalue weighted by Crippen LogP contribution is -2.07. The lowest BCUT2D eigenvalue weighted by molar-refractivity contribution is -0.116. The van der Waals surface area contributed by atoms with E-state index in [0.29, 0.717) is 11.0 Å². The highest BCUT2D eigenvalue weighted by Gasteiger charge is 2.32. The summed E-state index contributed by atoms with van der Waals surface area (Å²) in [4.78, 5) is 13.1. The molecule has 1 heterocycles. The van der Waals surface area contributed by atoms with Gasteiger partial charge in [-0.05, 0) is 35.8 Å². The van der Waals surface area contributed by atoms with Crippen molar-refractivity contribution in [1.29, 1.82) is 0 Å². The maximum atomic E-state index is 11.8. The Morgan fingerprint density at radius 1 is 1.24 bits per heavy atom. The van der Waals surface area contributed by atoms with Crippen molar-refractivity contribution < 1.29 is 4.79 Å². The summed E-state index contributed by atoms with van der Waals surface area (Å²) in [6, 6.07) is 7.96. The molecule has 0 aromatic heterocycles. The highest BCUT2D eigenvalue weighted by atomic mass is 35.5. The molecular weight excluding hydrogens is 252 g/mol. The number of carbonyl (C=O) groups excluding carboxylic acids is 1. The Bertz CT molecular complexity index is 507. The molecule has 17 heavy (non-hydrogen) atoms. The Morgan fingerprint density at radius 2 is 2.06 bits per heavy atom. The fraction of sp³-hybridized carbons (Fsp3) is 0.357. The Hall–Kier alpha value is -0.730. The number of rotatable bonds is 1. The van der Waals surface area contributed by atoms with Gasteiger partial charge in [0.1, 0.15) is 0 Å². The summed E-state index contributed by atoms with van der Waals surface area (Å²) < 4.78 is 0. The predicted octanol–water partition coefficient (Wildman–Crippen LogP) is 4.53. The first-order chi connectivity index (χ1) is 8.25. The Morgan fingerprint density at radius 3 is 2.82 bits per heavy atom. The van der Waals surface area contributed by atoms with Gasteiger partial charge in [0.2, 0.25) is 0 Å². The van der Waals surface area contributed by atoms with Crippen LogP contribution in [0.25, 0.3) is 0 Å². The van der Waals surface area contributed by atoms with E-state index in [2.05, 4.69) is 6.07 Å². The van der Waals surface area contributed by atoms with Crippen molar-refractivity contribution in [2.45, 2.75) is 30.9 Å². The molecule has 2 aliphatic rings. The van der Waals surface area contributed by atoms with Crippen molar-refractivity contribution in [3.8, 4) is 0 Å². The molecule has 3 heteroatoms. The van der Waals surface area contributed by atoms with E-state index < -0.39 is 0 Å². The third kappa shape index (κ3) is 2.04. The molecule has 1 unspecified atom stereocenters. The molecule has 1 aliphatic heterocycles. The van der Waals surface area contributed by atoms with Crippen molar-refractivity contribution in [1.82, 2.24) is 0 Å². The summed E-state index contributed by atoms with van der Waals surface area (Å²) in [6.45, 7) is 0. The van der Waals surface area contributed by atoms with Crippen LogP contribution in [0.2, 0.25) is 5.02 Å². The van der Waals surface area contributed by atoms with Gasteiger partial charge in [0, 0.05) is 22.3 Å². The second-order valence-electron chi connectivity index (χ2n) is 4.51. The van der Waals surface area contributed by atoms with Crippen LogP contribution in [0.5, 0.6) is 0 Å². The minimum absolute atomic E-state index is 0.343. The number of carbonyl (C=O) groups is 1. The maximum absolute atomic E-state index is 11.8. The van der Waals surface area contributed by atoms with E-state index >= 15 is 0 Å². The molecule has 0 fully saturated rings. The predicted molar refractivity (Wildman–Crippen MR) is 72.3 cm³/mol. The van der Waals surface area contributed by atoms with E-state index in [-0.39, 0.29) is 0 Å². The lowest BCUT2D eigenvalue weighted by atomic mass is 9.93. The van der Waals surface area contributed by atoms with Gasteiger partial charge in [-0.25, -0.2) is 0 Å². The van der Waals surface area contributed by atoms with Crippen molar-refractivity contribution in [3.63, 3.8) is 0 Å². The minimum Gasteiger partial charge on any atom is -0.295 e. The molecule has 0 bridgehead atoms. The SMILES string of the molecule is O=C1CCCC2=C1CC(c1ccccc1Cl)S2. The number of halogens is 1. The van der Waals surface area contributed by atoms with Gasteiger partial charge in [-0.15, -0.1) is 11.8 Å². The topological polar surface area (TPSA) is 17.1 Å². The van der Waals surface area contributed by atoms with E-state index in [4.69, 9.17) is 11.6 Å². The summed E-state index contributed by atoms with van der Waals surface area (Å²) in [6.07, 6.45) is 3.68. The van der Waals surface area contributed by atoms with Crippen LogP contribution >= 0.6 is 23.4 Å². The van der Waals surface area contributed by atoms with Gasteiger partial charge in [-0.3, -0.25) is 4.79 Å². The normalized spacial score (nSPS) is 24.1. The molecular formula is C14H13ClOS. The molecule has 0 N–H and O–H groups in total. The summed E-state index contributed by atoms with van der Waals surface area (Å²) in [5, 5.41) is 1.16. The van der Waals surface area contributed by atoms with Crippen LogP contribution in [0.3, 0.4) is 0 Å². The largest absolute Gasteiger partial charge is 0.295 e. The van der Waals surface area contributed by atoms with E-state index in [1.807, 2.05) is 30.0 Å². The lowest BCUT2D eigenvalue weighted by Gasteiger charge is -2.11. The molecule has 88 valence electrons. The van der Waals surface area contributed by atoms with E-state index in [9.17, 15) is 4.79 Å². The van der Waals surface area contributed by atoms with E-state index in [0.717, 1.165) is 36.3 Å². The zero-order valence-corrected chi connectivity index (χ0v) is 11.0. The standard InChI is InChI=1S/C14H13ClOS/c15-11-5-2-1-4-9(11)14-8-10-12(16)6-3-7-13(10)17-14/h1-2,4-5,14H,3,6-8H2. The first-order valence-corrected chi connectivity index (χ1v) is 7.18. The van der Waals surface area contributed by atoms with Gasteiger partial charge in [0.25, 0.3) is 0 Å². The zero-order valence-electron chi connectivity index (χ0n) is 9.41. The molecule has 1 aromatic rings. The number of thioether (sulfide) groups is 1. The van der Waals surface area contributed by atoms with E-state index in [1.165, 1.54) is 10.5 Å². The first-order valence-electron chi connectivity index (χ1n) is 5.92. The van der Waals surface area contributed by atoms with Gasteiger partial charge in [0.15, 0.2) is 5.78 Å². The summed E-state index contributed by atoms with van der Waals surface area (Å²) >= 11 is 8.06. The molecule has 0 saturated heterocycles. The van der Waals surface area contributed by atoms with Crippen molar-refractivity contribution >= 4 is 29.1 Å². The number of hydrogen-bond donors (Lipinski definition) is 0. The van der Waals surface area contributed by atoms with E-state index in [1.54, 1.807) is 0 Å². The molecule has 0 spiro atoms. The second kappa shape index (κ2) is 4.51. The minimum atomic E-state index is 0.343. The average molecular weight is 265 g/mol. The van der Waals surface area contributed by atoms with Gasteiger partial charge in [-0.2, -0.15) is 0 Å². The molecule has 1 aromatic carbocycles. The second-order valence-corrected chi connectivity index (χ2v) is 6.22. The molecule has 1 nitrogen and oxygen atoms in total. The van der Waals surface area contributed by atoms with Gasteiger partial charge in [-0.1, -0.05) is 29.8 Å². The molecule has 0 saturated carbocycles. The monoisotopic (exact) mass is 264 g/mol. The molecule has 0 radical (unpaired) electrons. The average Bonchev–Trinajstić information content (AvgIpc) is 2.75. The number of benzene rings is 1. The van der Waals surface area contributed by atoms with Crippen LogP contribution in [-0.2, 0) is 4.79 Å². The Kier molecular flexibility index (Phi) is 3.01. The third-order valence-electron chi connectivity index (χ3n) is 3.41. The summed E-state index contributed by atoms with van der Waals surface area (Å²) in [7, 11) is 0. The molecule has 0 amide bonds. The van der Waals surface area contributed by atoms with Crippen LogP contribution in [-0.4, -0.2) is 5.78 Å². The fourth-order valence-corrected chi connectivity index (χ4v) is 4.39. The highest BCUT2D eigenvalue weighted by molar-refractivity contribution is 8.03. The van der Waals surface area contributed by atoms with Crippen molar-refractivity contribution in [3.05, 3.63) is 45.3 Å². The maximum Gasteiger partial charge on any atom is 0.159 e. The molecule has 1 atom stereocenters. The number of hydrogen-bond acceptors (Lipinski definition) is 2. The van der Waals surface area contributed by atoms with Gasteiger partial charge >= 0.3 is 0 Å². The fourth-order valence-electron chi connectivity index (χ4n) is 2.53. The molecule has 1 aliphatic carbocycles. The number of allylic oxidation sites excluding steroid dienone is 2. The van der Waals surface area contributed by atoms with Crippen LogP contribution in [0.4, 0.5) is 0 Å². The summed E-state index contributed by atoms with van der Waals surface area (Å²) in [5.41, 5.74) is 2.24. The van der Waals surface area contributed by atoms with Crippen molar-refractivity contribution in [2.75, 3.05) is 0 Å².